The van der Waals surface area contributed by atoms with Gasteiger partial charge >= 0.3 is 0 Å². The number of nitrogens with zero attached hydrogens (tertiary/aromatic N) is 5. The van der Waals surface area contributed by atoms with Gasteiger partial charge in [0.25, 0.3) is 0 Å². The fraction of sp³-hybridized carbons (Fsp3) is 0.200. The van der Waals surface area contributed by atoms with E-state index in [1.165, 1.54) is 5.56 Å². The van der Waals surface area contributed by atoms with Crippen molar-refractivity contribution in [3.8, 4) is 11.1 Å². The average molecular weight is 278 g/mol. The summed E-state index contributed by atoms with van der Waals surface area (Å²) in [6.07, 6.45) is 5.45. The van der Waals surface area contributed by atoms with Gasteiger partial charge in [-0.1, -0.05) is 6.92 Å². The number of anilines is 1. The summed E-state index contributed by atoms with van der Waals surface area (Å²) in [5.41, 5.74) is 10.9. The molecule has 6 heteroatoms. The maximum atomic E-state index is 5.61. The van der Waals surface area contributed by atoms with Gasteiger partial charge in [-0.05, 0) is 19.1 Å². The van der Waals surface area contributed by atoms with Crippen LogP contribution in [0.15, 0.2) is 35.7 Å². The predicted molar refractivity (Wildman–Crippen MR) is 81.8 cm³/mol. The molecular formula is C15H14N6. The fourth-order valence-electron chi connectivity index (χ4n) is 2.68. The van der Waals surface area contributed by atoms with Gasteiger partial charge in [0.2, 0.25) is 5.95 Å². The molecule has 2 N–H and O–H groups in total. The van der Waals surface area contributed by atoms with Gasteiger partial charge in [0.1, 0.15) is 0 Å². The Hall–Kier alpha value is -2.76. The molecule has 0 aliphatic carbocycles. The lowest BCUT2D eigenvalue weighted by Gasteiger charge is -2.07. The number of rotatable bonds is 1. The van der Waals surface area contributed by atoms with Crippen LogP contribution in [0.2, 0.25) is 0 Å². The van der Waals surface area contributed by atoms with Crippen LogP contribution in [-0.4, -0.2) is 25.3 Å². The topological polar surface area (TPSA) is 81.5 Å². The number of hydrogen-bond acceptors (Lipinski definition) is 5. The molecule has 4 heterocycles. The second kappa shape index (κ2) is 4.12. The van der Waals surface area contributed by atoms with E-state index in [-0.39, 0.29) is 5.95 Å². The molecule has 0 aromatic carbocycles. The standard InChI is InChI=1S/C15H14N6/c1-8-9(2)19-14-12(8)5-10(6-17-14)11-3-4-21-13(11)7-18-15(16)20-21/h3-8H,1-2H3,(H2,16,20)/t8-/m1/s1. The Morgan fingerprint density at radius 2 is 2.10 bits per heavy atom. The molecule has 0 fully saturated rings. The van der Waals surface area contributed by atoms with Crippen molar-refractivity contribution < 1.29 is 0 Å². The zero-order valence-corrected chi connectivity index (χ0v) is 11.8. The third-order valence-electron chi connectivity index (χ3n) is 4.02. The highest BCUT2D eigenvalue weighted by molar-refractivity contribution is 5.96. The second-order valence-electron chi connectivity index (χ2n) is 5.29. The lowest BCUT2D eigenvalue weighted by Crippen LogP contribution is -2.00. The lowest BCUT2D eigenvalue weighted by atomic mass is 9.97. The Labute approximate surface area is 121 Å². The molecule has 0 unspecified atom stereocenters. The third kappa shape index (κ3) is 1.72. The maximum Gasteiger partial charge on any atom is 0.238 e. The Morgan fingerprint density at radius 3 is 2.95 bits per heavy atom. The van der Waals surface area contributed by atoms with Gasteiger partial charge in [0, 0.05) is 40.7 Å². The molecule has 21 heavy (non-hydrogen) atoms. The summed E-state index contributed by atoms with van der Waals surface area (Å²) < 4.78 is 1.73. The molecule has 3 aromatic rings. The molecule has 0 spiro atoms. The van der Waals surface area contributed by atoms with Crippen molar-refractivity contribution in [1.82, 2.24) is 19.6 Å². The zero-order valence-electron chi connectivity index (χ0n) is 11.8. The first-order chi connectivity index (χ1) is 10.1. The minimum absolute atomic E-state index is 0.259. The molecule has 6 nitrogen and oxygen atoms in total. The quantitative estimate of drug-likeness (QED) is 0.741. The number of fused-ring (bicyclic) bond motifs is 2. The van der Waals surface area contributed by atoms with Gasteiger partial charge in [-0.15, -0.1) is 5.10 Å². The normalized spacial score (nSPS) is 17.0. The van der Waals surface area contributed by atoms with Gasteiger partial charge in [0.15, 0.2) is 5.82 Å². The highest BCUT2D eigenvalue weighted by Crippen LogP contribution is 2.36. The summed E-state index contributed by atoms with van der Waals surface area (Å²) in [6, 6.07) is 4.15. The van der Waals surface area contributed by atoms with E-state index in [1.807, 2.05) is 25.4 Å². The van der Waals surface area contributed by atoms with E-state index < -0.39 is 0 Å². The number of pyridine rings is 1. The van der Waals surface area contributed by atoms with Crippen molar-refractivity contribution in [2.45, 2.75) is 19.8 Å². The summed E-state index contributed by atoms with van der Waals surface area (Å²) in [4.78, 5) is 13.0. The second-order valence-corrected chi connectivity index (χ2v) is 5.29. The number of nitrogen functional groups attached to an aromatic ring is 1. The van der Waals surface area contributed by atoms with Crippen molar-refractivity contribution in [3.63, 3.8) is 0 Å². The van der Waals surface area contributed by atoms with Gasteiger partial charge in [-0.3, -0.25) is 0 Å². The first-order valence-corrected chi connectivity index (χ1v) is 6.79. The average Bonchev–Trinajstić information content (AvgIpc) is 3.00. The molecule has 0 radical (unpaired) electrons. The largest absolute Gasteiger partial charge is 0.367 e. The van der Waals surface area contributed by atoms with Crippen molar-refractivity contribution in [2.24, 2.45) is 4.99 Å². The van der Waals surface area contributed by atoms with E-state index >= 15 is 0 Å². The van der Waals surface area contributed by atoms with Crippen LogP contribution >= 0.6 is 0 Å². The Bertz CT molecular complexity index is 892. The van der Waals surface area contributed by atoms with E-state index in [1.54, 1.807) is 10.7 Å². The molecule has 104 valence electrons. The smallest absolute Gasteiger partial charge is 0.238 e. The zero-order chi connectivity index (χ0) is 14.6. The first kappa shape index (κ1) is 12.0. The third-order valence-corrected chi connectivity index (χ3v) is 4.02. The highest BCUT2D eigenvalue weighted by Gasteiger charge is 2.22. The van der Waals surface area contributed by atoms with Gasteiger partial charge in [-0.25, -0.2) is 19.5 Å². The summed E-state index contributed by atoms with van der Waals surface area (Å²) in [5, 5.41) is 4.16. The maximum absolute atomic E-state index is 5.61. The van der Waals surface area contributed by atoms with E-state index in [4.69, 9.17) is 5.73 Å². The summed E-state index contributed by atoms with van der Waals surface area (Å²) >= 11 is 0. The molecule has 0 amide bonds. The molecule has 1 atom stereocenters. The van der Waals surface area contributed by atoms with Crippen LogP contribution in [0.3, 0.4) is 0 Å². The van der Waals surface area contributed by atoms with Crippen LogP contribution in [-0.2, 0) is 0 Å². The molecule has 0 saturated heterocycles. The Kier molecular flexibility index (Phi) is 2.35. The molecule has 1 aliphatic heterocycles. The minimum atomic E-state index is 0.259. The Morgan fingerprint density at radius 1 is 1.24 bits per heavy atom. The van der Waals surface area contributed by atoms with Crippen LogP contribution < -0.4 is 5.73 Å². The number of nitrogens with two attached hydrogens (primary N) is 1. The van der Waals surface area contributed by atoms with Crippen LogP contribution in [0, 0.1) is 0 Å². The number of aromatic nitrogens is 4. The van der Waals surface area contributed by atoms with Crippen LogP contribution in [0.1, 0.15) is 25.3 Å². The molecular weight excluding hydrogens is 264 g/mol. The van der Waals surface area contributed by atoms with Crippen molar-refractivity contribution in [3.05, 3.63) is 36.3 Å². The van der Waals surface area contributed by atoms with Gasteiger partial charge in [-0.2, -0.15) is 0 Å². The minimum Gasteiger partial charge on any atom is -0.367 e. The SMILES string of the molecule is CC1=Nc2ncc(-c3ccn4nc(N)ncc34)cc2[C@@H]1C. The molecule has 3 aromatic heterocycles. The van der Waals surface area contributed by atoms with Crippen LogP contribution in [0.5, 0.6) is 0 Å². The molecule has 1 aliphatic rings. The monoisotopic (exact) mass is 278 g/mol. The predicted octanol–water partition coefficient (Wildman–Crippen LogP) is 2.58. The highest BCUT2D eigenvalue weighted by atomic mass is 15.3. The number of aliphatic imine (C=N–C) groups is 1. The van der Waals surface area contributed by atoms with Gasteiger partial charge < -0.3 is 5.73 Å². The first-order valence-electron chi connectivity index (χ1n) is 6.79. The van der Waals surface area contributed by atoms with Crippen molar-refractivity contribution >= 4 is 23.0 Å². The molecule has 0 bridgehead atoms. The van der Waals surface area contributed by atoms with Crippen molar-refractivity contribution in [2.75, 3.05) is 5.73 Å². The van der Waals surface area contributed by atoms with E-state index in [0.717, 1.165) is 28.2 Å². The lowest BCUT2D eigenvalue weighted by molar-refractivity contribution is 0.918. The van der Waals surface area contributed by atoms with Crippen molar-refractivity contribution in [1.29, 1.82) is 0 Å². The summed E-state index contributed by atoms with van der Waals surface area (Å²) in [7, 11) is 0. The van der Waals surface area contributed by atoms with Crippen LogP contribution in [0.4, 0.5) is 11.8 Å². The van der Waals surface area contributed by atoms with E-state index in [9.17, 15) is 0 Å². The Balaban J connectivity index is 1.88. The van der Waals surface area contributed by atoms with E-state index in [0.29, 0.717) is 5.92 Å². The summed E-state index contributed by atoms with van der Waals surface area (Å²) in [5.74, 6) is 1.40. The van der Waals surface area contributed by atoms with Crippen LogP contribution in [0.25, 0.3) is 16.6 Å². The molecule has 4 rings (SSSR count). The number of hydrogen-bond donors (Lipinski definition) is 1. The fourth-order valence-corrected chi connectivity index (χ4v) is 2.68. The molecule has 0 saturated carbocycles. The summed E-state index contributed by atoms with van der Waals surface area (Å²) in [6.45, 7) is 4.19. The van der Waals surface area contributed by atoms with Gasteiger partial charge in [0.05, 0.1) is 11.7 Å². The van der Waals surface area contributed by atoms with E-state index in [2.05, 4.69) is 33.0 Å².